The van der Waals surface area contributed by atoms with E-state index in [0.717, 1.165) is 0 Å². The first-order chi connectivity index (χ1) is 3.13. The number of aliphatic hydroxyl groups excluding tert-OH is 1. The highest BCUT2D eigenvalue weighted by Crippen LogP contribution is 1.77. The lowest BCUT2D eigenvalue weighted by atomic mass is 10.9. The van der Waals surface area contributed by atoms with Crippen molar-refractivity contribution in [1.82, 2.24) is 0 Å². The molecule has 0 aliphatic rings. The summed E-state index contributed by atoms with van der Waals surface area (Å²) in [6.07, 6.45) is 0. The van der Waals surface area contributed by atoms with Crippen molar-refractivity contribution in [2.75, 3.05) is 0 Å². The van der Waals surface area contributed by atoms with Gasteiger partial charge >= 0.3 is 0 Å². The fourth-order valence-corrected chi connectivity index (χ4v) is 0.149. The maximum atomic E-state index is 8.18. The van der Waals surface area contributed by atoms with E-state index in [1.54, 1.807) is 0 Å². The van der Waals surface area contributed by atoms with Crippen LogP contribution in [0.25, 0.3) is 0 Å². The van der Waals surface area contributed by atoms with E-state index in [4.69, 9.17) is 16.6 Å². The first-order valence-electron chi connectivity index (χ1n) is 1.60. The third-order valence-electron chi connectivity index (χ3n) is 0.258. The molecule has 0 aromatic rings. The lowest BCUT2D eigenvalue weighted by molar-refractivity contribution is 0.409. The molecule has 40 valence electrons. The van der Waals surface area contributed by atoms with E-state index in [1.165, 1.54) is 0 Å². The van der Waals surface area contributed by atoms with Crippen molar-refractivity contribution in [3.05, 3.63) is 12.5 Å². The van der Waals surface area contributed by atoms with Crippen molar-refractivity contribution in [3.8, 4) is 0 Å². The molecule has 0 bridgehead atoms. The van der Waals surface area contributed by atoms with Crippen molar-refractivity contribution >= 4 is 5.96 Å². The quantitative estimate of drug-likeness (QED) is 0.232. The molecular formula is C3H7N3O. The van der Waals surface area contributed by atoms with Gasteiger partial charge in [-0.3, -0.25) is 0 Å². The van der Waals surface area contributed by atoms with E-state index in [2.05, 4.69) is 11.6 Å². The smallest absolute Gasteiger partial charge is 0.206 e. The summed E-state index contributed by atoms with van der Waals surface area (Å²) in [7, 11) is 0. The Hall–Kier alpha value is -1.19. The van der Waals surface area contributed by atoms with E-state index in [0.29, 0.717) is 0 Å². The van der Waals surface area contributed by atoms with E-state index in [-0.39, 0.29) is 11.8 Å². The van der Waals surface area contributed by atoms with Crippen molar-refractivity contribution in [2.45, 2.75) is 0 Å². The number of guanidine groups is 1. The molecule has 0 aromatic carbocycles. The summed E-state index contributed by atoms with van der Waals surface area (Å²) in [6, 6.07) is 0. The molecule has 0 heterocycles. The molecule has 0 amide bonds. The molecule has 0 spiro atoms. The summed E-state index contributed by atoms with van der Waals surface area (Å²) >= 11 is 0. The number of rotatable bonds is 1. The molecule has 0 saturated carbocycles. The summed E-state index contributed by atoms with van der Waals surface area (Å²) in [5.74, 6) is -0.562. The molecule has 4 nitrogen and oxygen atoms in total. The highest BCUT2D eigenvalue weighted by Gasteiger charge is 1.78. The Morgan fingerprint density at radius 2 is 2.00 bits per heavy atom. The van der Waals surface area contributed by atoms with Crippen LogP contribution in [-0.2, 0) is 0 Å². The number of hydrogen-bond donors (Lipinski definition) is 3. The van der Waals surface area contributed by atoms with Crippen LogP contribution in [0.2, 0.25) is 0 Å². The molecule has 0 aliphatic carbocycles. The van der Waals surface area contributed by atoms with Crippen LogP contribution < -0.4 is 11.5 Å². The van der Waals surface area contributed by atoms with E-state index >= 15 is 0 Å². The molecule has 0 aromatic heterocycles. The number of nitrogens with two attached hydrogens (primary N) is 2. The molecule has 7 heavy (non-hydrogen) atoms. The van der Waals surface area contributed by atoms with Crippen LogP contribution in [-0.4, -0.2) is 11.1 Å². The molecule has 0 aliphatic heterocycles. The van der Waals surface area contributed by atoms with Crippen LogP contribution in [0.4, 0.5) is 0 Å². The van der Waals surface area contributed by atoms with Gasteiger partial charge in [-0.15, -0.1) is 0 Å². The predicted molar refractivity (Wildman–Crippen MR) is 27.6 cm³/mol. The summed E-state index contributed by atoms with van der Waals surface area (Å²) < 4.78 is 0. The van der Waals surface area contributed by atoms with Crippen molar-refractivity contribution < 1.29 is 5.11 Å². The zero-order valence-electron chi connectivity index (χ0n) is 3.76. The van der Waals surface area contributed by atoms with Crippen LogP contribution in [0.3, 0.4) is 0 Å². The first kappa shape index (κ1) is 5.81. The van der Waals surface area contributed by atoms with Gasteiger partial charge in [0.2, 0.25) is 5.88 Å². The van der Waals surface area contributed by atoms with Crippen LogP contribution in [0.5, 0.6) is 0 Å². The fraction of sp³-hybridized carbons (Fsp3) is 0. The largest absolute Gasteiger partial charge is 0.494 e. The standard InChI is InChI=1S/C3H7N3O/c1-2(7)6-3(4)5/h7H,1H2,(H4,4,5,6). The Balaban J connectivity index is 3.68. The van der Waals surface area contributed by atoms with Gasteiger partial charge in [0, 0.05) is 0 Å². The third-order valence-corrected chi connectivity index (χ3v) is 0.258. The Morgan fingerprint density at radius 1 is 1.57 bits per heavy atom. The van der Waals surface area contributed by atoms with E-state index in [1.807, 2.05) is 0 Å². The summed E-state index contributed by atoms with van der Waals surface area (Å²) in [4.78, 5) is 3.11. The summed E-state index contributed by atoms with van der Waals surface area (Å²) in [5.41, 5.74) is 9.60. The van der Waals surface area contributed by atoms with Gasteiger partial charge in [0.1, 0.15) is 0 Å². The van der Waals surface area contributed by atoms with Gasteiger partial charge in [-0.05, 0) is 6.58 Å². The normalized spacial score (nSPS) is 7.43. The monoisotopic (exact) mass is 101 g/mol. The molecule has 0 saturated heterocycles. The average Bonchev–Trinajstić information content (AvgIpc) is 1.27. The number of nitrogens with zero attached hydrogens (tertiary/aromatic N) is 1. The van der Waals surface area contributed by atoms with Crippen molar-refractivity contribution in [1.29, 1.82) is 0 Å². The van der Waals surface area contributed by atoms with Crippen LogP contribution in [0, 0.1) is 0 Å². The number of aliphatic hydroxyl groups is 1. The van der Waals surface area contributed by atoms with Crippen LogP contribution >= 0.6 is 0 Å². The molecule has 5 N–H and O–H groups in total. The highest BCUT2D eigenvalue weighted by atomic mass is 16.3. The van der Waals surface area contributed by atoms with Gasteiger partial charge in [-0.25, -0.2) is 0 Å². The Bertz CT molecular complexity index is 103. The number of aliphatic imine (C=N–C) groups is 1. The minimum absolute atomic E-state index is 0.187. The lowest BCUT2D eigenvalue weighted by Crippen LogP contribution is -2.22. The second-order valence-corrected chi connectivity index (χ2v) is 0.953. The Labute approximate surface area is 41.1 Å². The average molecular weight is 101 g/mol. The topological polar surface area (TPSA) is 84.6 Å². The molecule has 0 unspecified atom stereocenters. The van der Waals surface area contributed by atoms with Gasteiger partial charge < -0.3 is 16.6 Å². The highest BCUT2D eigenvalue weighted by molar-refractivity contribution is 5.76. The number of hydrogen-bond acceptors (Lipinski definition) is 2. The van der Waals surface area contributed by atoms with Gasteiger partial charge in [-0.1, -0.05) is 0 Å². The van der Waals surface area contributed by atoms with Crippen LogP contribution in [0.15, 0.2) is 17.5 Å². The second-order valence-electron chi connectivity index (χ2n) is 0.953. The maximum Gasteiger partial charge on any atom is 0.206 e. The fourth-order valence-electron chi connectivity index (χ4n) is 0.149. The van der Waals surface area contributed by atoms with Gasteiger partial charge in [0.05, 0.1) is 0 Å². The second kappa shape index (κ2) is 2.07. The Kier molecular flexibility index (Phi) is 1.72. The lowest BCUT2D eigenvalue weighted by Gasteiger charge is -1.85. The van der Waals surface area contributed by atoms with E-state index in [9.17, 15) is 0 Å². The minimum atomic E-state index is -0.375. The first-order valence-corrected chi connectivity index (χ1v) is 1.60. The summed E-state index contributed by atoms with van der Waals surface area (Å²) in [5, 5.41) is 8.18. The van der Waals surface area contributed by atoms with Crippen molar-refractivity contribution in [2.24, 2.45) is 16.5 Å². The van der Waals surface area contributed by atoms with Crippen molar-refractivity contribution in [3.63, 3.8) is 0 Å². The maximum absolute atomic E-state index is 8.18. The Morgan fingerprint density at radius 3 is 2.00 bits per heavy atom. The van der Waals surface area contributed by atoms with Gasteiger partial charge in [0.25, 0.3) is 0 Å². The SMILES string of the molecule is C=C(O)N=C(N)N. The van der Waals surface area contributed by atoms with Crippen LogP contribution in [0.1, 0.15) is 0 Å². The zero-order valence-corrected chi connectivity index (χ0v) is 3.76. The third kappa shape index (κ3) is 4.81. The molecule has 0 atom stereocenters. The van der Waals surface area contributed by atoms with E-state index < -0.39 is 0 Å². The minimum Gasteiger partial charge on any atom is -0.494 e. The molecule has 4 heteroatoms. The van der Waals surface area contributed by atoms with Gasteiger partial charge in [0.15, 0.2) is 5.96 Å². The van der Waals surface area contributed by atoms with Gasteiger partial charge in [-0.2, -0.15) is 4.99 Å². The molecular weight excluding hydrogens is 94.1 g/mol. The predicted octanol–water partition coefficient (Wildman–Crippen LogP) is -0.711. The molecule has 0 rings (SSSR count). The molecule has 0 fully saturated rings. The summed E-state index contributed by atoms with van der Waals surface area (Å²) in [6.45, 7) is 3.00. The molecule has 0 radical (unpaired) electrons. The zero-order chi connectivity index (χ0) is 5.86.